The number of nitrogens with zero attached hydrogens (tertiary/aromatic N) is 3. The Kier molecular flexibility index (Phi) is 3.94. The molecule has 0 aromatic carbocycles. The third-order valence-electron chi connectivity index (χ3n) is 3.31. The first-order valence-corrected chi connectivity index (χ1v) is 6.18. The van der Waals surface area contributed by atoms with E-state index in [9.17, 15) is 0 Å². The number of hydrogen-bond acceptors (Lipinski definition) is 4. The first-order valence-electron chi connectivity index (χ1n) is 6.18. The van der Waals surface area contributed by atoms with E-state index >= 15 is 0 Å². The molecule has 1 unspecified atom stereocenters. The Labute approximate surface area is 102 Å². The maximum Gasteiger partial charge on any atom is 0.146 e. The van der Waals surface area contributed by atoms with Gasteiger partial charge in [-0.2, -0.15) is 5.26 Å². The highest BCUT2D eigenvalue weighted by Gasteiger charge is 2.24. The van der Waals surface area contributed by atoms with Crippen molar-refractivity contribution in [3.8, 4) is 6.07 Å². The Morgan fingerprint density at radius 3 is 3.18 bits per heavy atom. The molecule has 90 valence electrons. The van der Waals surface area contributed by atoms with Crippen molar-refractivity contribution in [3.05, 3.63) is 23.9 Å². The Hall–Kier alpha value is -1.60. The standard InChI is InChI=1S/C13H18N4/c14-7-6-12-5-1-2-9-17(12)13-11(10-15)4-3-8-16-13/h3-4,8,12H,1-2,5-7,9,14H2. The number of aromatic nitrogens is 1. The lowest BCUT2D eigenvalue weighted by molar-refractivity contribution is 0.438. The van der Waals surface area contributed by atoms with Gasteiger partial charge >= 0.3 is 0 Å². The molecule has 1 aromatic heterocycles. The number of rotatable bonds is 3. The minimum Gasteiger partial charge on any atom is -0.352 e. The molecule has 2 heterocycles. The molecule has 1 aliphatic rings. The fourth-order valence-corrected chi connectivity index (χ4v) is 2.49. The van der Waals surface area contributed by atoms with E-state index in [1.54, 1.807) is 6.20 Å². The van der Waals surface area contributed by atoms with Crippen LogP contribution in [0, 0.1) is 11.3 Å². The molecule has 0 radical (unpaired) electrons. The van der Waals surface area contributed by atoms with Crippen LogP contribution in [-0.2, 0) is 0 Å². The predicted molar refractivity (Wildman–Crippen MR) is 67.6 cm³/mol. The molecule has 1 saturated heterocycles. The van der Waals surface area contributed by atoms with Gasteiger partial charge in [0.15, 0.2) is 0 Å². The molecule has 0 bridgehead atoms. The second-order valence-electron chi connectivity index (χ2n) is 4.41. The molecule has 0 saturated carbocycles. The van der Waals surface area contributed by atoms with Gasteiger partial charge in [-0.3, -0.25) is 0 Å². The summed E-state index contributed by atoms with van der Waals surface area (Å²) in [6.07, 6.45) is 6.29. The van der Waals surface area contributed by atoms with Crippen LogP contribution in [0.3, 0.4) is 0 Å². The lowest BCUT2D eigenvalue weighted by Crippen LogP contribution is -2.41. The van der Waals surface area contributed by atoms with E-state index in [0.29, 0.717) is 18.2 Å². The van der Waals surface area contributed by atoms with Gasteiger partial charge < -0.3 is 10.6 Å². The Bertz CT molecular complexity index is 408. The van der Waals surface area contributed by atoms with Gasteiger partial charge in [0.25, 0.3) is 0 Å². The van der Waals surface area contributed by atoms with Crippen LogP contribution in [0.15, 0.2) is 18.3 Å². The zero-order valence-electron chi connectivity index (χ0n) is 9.97. The van der Waals surface area contributed by atoms with Crippen molar-refractivity contribution in [2.45, 2.75) is 31.7 Å². The summed E-state index contributed by atoms with van der Waals surface area (Å²) < 4.78 is 0. The van der Waals surface area contributed by atoms with Crippen LogP contribution in [0.1, 0.15) is 31.2 Å². The van der Waals surface area contributed by atoms with Gasteiger partial charge in [0.05, 0.1) is 5.56 Å². The third kappa shape index (κ3) is 2.56. The van der Waals surface area contributed by atoms with Crippen molar-refractivity contribution in [2.75, 3.05) is 18.0 Å². The van der Waals surface area contributed by atoms with Crippen LogP contribution < -0.4 is 10.6 Å². The van der Waals surface area contributed by atoms with E-state index in [1.807, 2.05) is 12.1 Å². The zero-order chi connectivity index (χ0) is 12.1. The summed E-state index contributed by atoms with van der Waals surface area (Å²) in [5.41, 5.74) is 6.32. The molecule has 4 nitrogen and oxygen atoms in total. The fourth-order valence-electron chi connectivity index (χ4n) is 2.49. The smallest absolute Gasteiger partial charge is 0.146 e. The van der Waals surface area contributed by atoms with Crippen molar-refractivity contribution < 1.29 is 0 Å². The maximum absolute atomic E-state index is 9.12. The Morgan fingerprint density at radius 2 is 2.41 bits per heavy atom. The highest BCUT2D eigenvalue weighted by atomic mass is 15.2. The second kappa shape index (κ2) is 5.65. The first-order chi connectivity index (χ1) is 8.36. The highest BCUT2D eigenvalue weighted by molar-refractivity contribution is 5.54. The van der Waals surface area contributed by atoms with Gasteiger partial charge in [-0.1, -0.05) is 0 Å². The van der Waals surface area contributed by atoms with Crippen molar-refractivity contribution in [3.63, 3.8) is 0 Å². The maximum atomic E-state index is 9.12. The number of nitrogens with two attached hydrogens (primary N) is 1. The number of pyridine rings is 1. The highest BCUT2D eigenvalue weighted by Crippen LogP contribution is 2.26. The average molecular weight is 230 g/mol. The van der Waals surface area contributed by atoms with E-state index in [1.165, 1.54) is 12.8 Å². The molecule has 0 spiro atoms. The molecule has 17 heavy (non-hydrogen) atoms. The largest absolute Gasteiger partial charge is 0.352 e. The SMILES string of the molecule is N#Cc1cccnc1N1CCCCC1CCN. The van der Waals surface area contributed by atoms with Crippen molar-refractivity contribution in [1.29, 1.82) is 5.26 Å². The third-order valence-corrected chi connectivity index (χ3v) is 3.31. The number of anilines is 1. The molecule has 1 aromatic rings. The molecule has 0 aliphatic carbocycles. The molecule has 4 heteroatoms. The Balaban J connectivity index is 2.26. The van der Waals surface area contributed by atoms with Gasteiger partial charge in [-0.15, -0.1) is 0 Å². The first kappa shape index (κ1) is 11.9. The molecule has 1 fully saturated rings. The summed E-state index contributed by atoms with van der Waals surface area (Å²) in [6.45, 7) is 1.67. The fraction of sp³-hybridized carbons (Fsp3) is 0.538. The van der Waals surface area contributed by atoms with Crippen LogP contribution in [0.5, 0.6) is 0 Å². The summed E-state index contributed by atoms with van der Waals surface area (Å²) in [7, 11) is 0. The lowest BCUT2D eigenvalue weighted by Gasteiger charge is -2.37. The van der Waals surface area contributed by atoms with E-state index < -0.39 is 0 Å². The van der Waals surface area contributed by atoms with Crippen LogP contribution >= 0.6 is 0 Å². The van der Waals surface area contributed by atoms with E-state index in [2.05, 4.69) is 16.0 Å². The minimum atomic E-state index is 0.441. The molecule has 2 rings (SSSR count). The molecule has 0 amide bonds. The molecule has 2 N–H and O–H groups in total. The number of hydrogen-bond donors (Lipinski definition) is 1. The topological polar surface area (TPSA) is 65.9 Å². The van der Waals surface area contributed by atoms with Gasteiger partial charge in [0.2, 0.25) is 0 Å². The minimum absolute atomic E-state index is 0.441. The summed E-state index contributed by atoms with van der Waals surface area (Å²) in [4.78, 5) is 6.63. The van der Waals surface area contributed by atoms with E-state index in [0.717, 1.165) is 25.2 Å². The Morgan fingerprint density at radius 1 is 1.53 bits per heavy atom. The van der Waals surface area contributed by atoms with Gasteiger partial charge in [0.1, 0.15) is 11.9 Å². The van der Waals surface area contributed by atoms with Crippen molar-refractivity contribution in [1.82, 2.24) is 4.98 Å². The quantitative estimate of drug-likeness (QED) is 0.857. The lowest BCUT2D eigenvalue weighted by atomic mass is 9.99. The molecular formula is C13H18N4. The van der Waals surface area contributed by atoms with E-state index in [4.69, 9.17) is 11.0 Å². The number of piperidine rings is 1. The molecule has 1 atom stereocenters. The van der Waals surface area contributed by atoms with Crippen molar-refractivity contribution >= 4 is 5.82 Å². The monoisotopic (exact) mass is 230 g/mol. The van der Waals surface area contributed by atoms with Crippen LogP contribution in [0.25, 0.3) is 0 Å². The van der Waals surface area contributed by atoms with Crippen molar-refractivity contribution in [2.24, 2.45) is 5.73 Å². The summed E-state index contributed by atoms with van der Waals surface area (Å²) in [5.74, 6) is 0.827. The summed E-state index contributed by atoms with van der Waals surface area (Å²) in [6, 6.07) is 6.30. The normalized spacial score (nSPS) is 20.0. The van der Waals surface area contributed by atoms with Crippen LogP contribution in [-0.4, -0.2) is 24.1 Å². The summed E-state index contributed by atoms with van der Waals surface area (Å²) in [5, 5.41) is 9.12. The second-order valence-corrected chi connectivity index (χ2v) is 4.41. The van der Waals surface area contributed by atoms with Gasteiger partial charge in [0, 0.05) is 18.8 Å². The average Bonchev–Trinajstić information content (AvgIpc) is 2.40. The van der Waals surface area contributed by atoms with Gasteiger partial charge in [-0.05, 0) is 44.4 Å². The molecular weight excluding hydrogens is 212 g/mol. The van der Waals surface area contributed by atoms with E-state index in [-0.39, 0.29) is 0 Å². The van der Waals surface area contributed by atoms with Crippen LogP contribution in [0.2, 0.25) is 0 Å². The molecule has 1 aliphatic heterocycles. The zero-order valence-corrected chi connectivity index (χ0v) is 9.97. The van der Waals surface area contributed by atoms with Crippen LogP contribution in [0.4, 0.5) is 5.82 Å². The number of nitriles is 1. The predicted octanol–water partition coefficient (Wildman–Crippen LogP) is 1.66. The summed E-state index contributed by atoms with van der Waals surface area (Å²) >= 11 is 0. The van der Waals surface area contributed by atoms with Gasteiger partial charge in [-0.25, -0.2) is 4.98 Å².